The lowest BCUT2D eigenvalue weighted by atomic mass is 10.3. The van der Waals surface area contributed by atoms with E-state index < -0.39 is 11.2 Å². The zero-order valence-electron chi connectivity index (χ0n) is 13.1. The molecule has 1 aliphatic heterocycles. The highest BCUT2D eigenvalue weighted by atomic mass is 35.5. The maximum Gasteiger partial charge on any atom is 0.445 e. The Labute approximate surface area is 160 Å². The van der Waals surface area contributed by atoms with Gasteiger partial charge in [0.15, 0.2) is 0 Å². The lowest BCUT2D eigenvalue weighted by molar-refractivity contribution is -0.138. The van der Waals surface area contributed by atoms with E-state index in [9.17, 15) is 18.0 Å². The minimum atomic E-state index is -4.50. The molecule has 1 saturated heterocycles. The average molecular weight is 426 g/mol. The molecule has 1 fully saturated rings. The second kappa shape index (κ2) is 7.45. The van der Waals surface area contributed by atoms with Crippen molar-refractivity contribution in [3.63, 3.8) is 0 Å². The van der Waals surface area contributed by atoms with Crippen LogP contribution in [-0.4, -0.2) is 47.3 Å². The first-order valence-corrected chi connectivity index (χ1v) is 8.98. The van der Waals surface area contributed by atoms with Crippen molar-refractivity contribution < 1.29 is 18.0 Å². The molecule has 1 aromatic carbocycles. The minimum absolute atomic E-state index is 0.193. The number of amides is 2. The molecule has 6 nitrogen and oxygen atoms in total. The largest absolute Gasteiger partial charge is 0.445 e. The van der Waals surface area contributed by atoms with Gasteiger partial charge in [0.25, 0.3) is 0 Å². The van der Waals surface area contributed by atoms with Gasteiger partial charge in [-0.25, -0.2) is 4.79 Å². The molecule has 0 atom stereocenters. The summed E-state index contributed by atoms with van der Waals surface area (Å²) in [5.41, 5.74) is 0.433. The van der Waals surface area contributed by atoms with Crippen molar-refractivity contribution in [1.82, 2.24) is 15.1 Å². The smallest absolute Gasteiger partial charge is 0.343 e. The van der Waals surface area contributed by atoms with E-state index in [0.717, 1.165) is 0 Å². The minimum Gasteiger partial charge on any atom is -0.343 e. The van der Waals surface area contributed by atoms with Crippen LogP contribution in [0, 0.1) is 0 Å². The van der Waals surface area contributed by atoms with Gasteiger partial charge in [-0.1, -0.05) is 34.5 Å². The Morgan fingerprint density at radius 2 is 1.85 bits per heavy atom. The van der Waals surface area contributed by atoms with Crippen LogP contribution < -0.4 is 10.2 Å². The summed E-state index contributed by atoms with van der Waals surface area (Å²) < 4.78 is 37.8. The highest BCUT2D eigenvalue weighted by Crippen LogP contribution is 2.34. The van der Waals surface area contributed by atoms with Crippen molar-refractivity contribution in [1.29, 1.82) is 0 Å². The van der Waals surface area contributed by atoms with E-state index in [2.05, 4.69) is 15.5 Å². The van der Waals surface area contributed by atoms with Gasteiger partial charge in [0, 0.05) is 31.2 Å². The first-order chi connectivity index (χ1) is 12.2. The predicted molar refractivity (Wildman–Crippen MR) is 94.2 cm³/mol. The zero-order chi connectivity index (χ0) is 18.9. The topological polar surface area (TPSA) is 61.4 Å². The van der Waals surface area contributed by atoms with Gasteiger partial charge in [-0.2, -0.15) is 13.2 Å². The molecule has 2 aromatic rings. The third-order valence-electron chi connectivity index (χ3n) is 3.67. The Morgan fingerprint density at radius 3 is 2.42 bits per heavy atom. The van der Waals surface area contributed by atoms with E-state index in [1.807, 2.05) is 0 Å². The average Bonchev–Trinajstić information content (AvgIpc) is 3.08. The van der Waals surface area contributed by atoms with E-state index in [0.29, 0.717) is 53.2 Å². The maximum absolute atomic E-state index is 12.6. The molecule has 0 aliphatic carbocycles. The van der Waals surface area contributed by atoms with Crippen molar-refractivity contribution in [2.75, 3.05) is 36.4 Å². The van der Waals surface area contributed by atoms with Gasteiger partial charge in [-0.05, 0) is 18.2 Å². The van der Waals surface area contributed by atoms with Gasteiger partial charge >= 0.3 is 12.2 Å². The Hall–Kier alpha value is -1.78. The zero-order valence-corrected chi connectivity index (χ0v) is 15.4. The number of alkyl halides is 3. The first-order valence-electron chi connectivity index (χ1n) is 7.40. The number of rotatable bonds is 2. The monoisotopic (exact) mass is 425 g/mol. The molecule has 0 spiro atoms. The lowest BCUT2D eigenvalue weighted by Crippen LogP contribution is -2.50. The van der Waals surface area contributed by atoms with E-state index >= 15 is 0 Å². The van der Waals surface area contributed by atoms with Gasteiger partial charge in [0.05, 0.1) is 10.7 Å². The molecule has 0 unspecified atom stereocenters. The van der Waals surface area contributed by atoms with Crippen LogP contribution >= 0.6 is 34.5 Å². The lowest BCUT2D eigenvalue weighted by Gasteiger charge is -2.34. The fourth-order valence-corrected chi connectivity index (χ4v) is 3.56. The Balaban J connectivity index is 1.58. The van der Waals surface area contributed by atoms with Crippen LogP contribution in [0.4, 0.5) is 28.8 Å². The Kier molecular flexibility index (Phi) is 5.44. The number of benzene rings is 1. The summed E-state index contributed by atoms with van der Waals surface area (Å²) in [5, 5.41) is 9.44. The molecule has 0 saturated carbocycles. The van der Waals surface area contributed by atoms with Gasteiger partial charge in [0.1, 0.15) is 0 Å². The fourth-order valence-electron chi connectivity index (χ4n) is 2.34. The van der Waals surface area contributed by atoms with Crippen LogP contribution in [0.25, 0.3) is 0 Å². The number of aromatic nitrogens is 2. The second-order valence-corrected chi connectivity index (χ2v) is 7.22. The van der Waals surface area contributed by atoms with Crippen molar-refractivity contribution >= 4 is 51.4 Å². The number of hydrogen-bond donors (Lipinski definition) is 1. The van der Waals surface area contributed by atoms with Gasteiger partial charge in [0.2, 0.25) is 10.1 Å². The summed E-state index contributed by atoms with van der Waals surface area (Å²) in [6.45, 7) is 1.37. The van der Waals surface area contributed by atoms with Crippen LogP contribution in [0.5, 0.6) is 0 Å². The number of piperazine rings is 1. The number of nitrogens with one attached hydrogen (secondary N) is 1. The fraction of sp³-hybridized carbons (Fsp3) is 0.357. The highest BCUT2D eigenvalue weighted by Gasteiger charge is 2.36. The molecular formula is C14H12Cl2F3N5OS. The van der Waals surface area contributed by atoms with Crippen molar-refractivity contribution in [2.45, 2.75) is 6.18 Å². The SMILES string of the molecule is O=C(Nc1ccc(Cl)cc1Cl)N1CCN(c2nnc(C(F)(F)F)s2)CC1. The molecule has 0 bridgehead atoms. The summed E-state index contributed by atoms with van der Waals surface area (Å²) in [5.74, 6) is 0. The van der Waals surface area contributed by atoms with E-state index in [1.165, 1.54) is 6.07 Å². The van der Waals surface area contributed by atoms with Crippen LogP contribution in [0.2, 0.25) is 10.0 Å². The molecule has 2 heterocycles. The quantitative estimate of drug-likeness (QED) is 0.782. The number of carbonyl (C=O) groups is 1. The Morgan fingerprint density at radius 1 is 1.15 bits per heavy atom. The third kappa shape index (κ3) is 4.30. The summed E-state index contributed by atoms with van der Waals surface area (Å²) in [4.78, 5) is 15.5. The molecule has 1 aliphatic rings. The van der Waals surface area contributed by atoms with Gasteiger partial charge in [-0.3, -0.25) is 0 Å². The summed E-state index contributed by atoms with van der Waals surface area (Å²) >= 11 is 12.3. The molecule has 26 heavy (non-hydrogen) atoms. The number of nitrogens with zero attached hydrogens (tertiary/aromatic N) is 4. The van der Waals surface area contributed by atoms with Crippen molar-refractivity contribution in [3.8, 4) is 0 Å². The third-order valence-corrected chi connectivity index (χ3v) is 5.24. The van der Waals surface area contributed by atoms with Crippen LogP contribution in [0.3, 0.4) is 0 Å². The number of hydrogen-bond acceptors (Lipinski definition) is 5. The normalized spacial score (nSPS) is 15.3. The summed E-state index contributed by atoms with van der Waals surface area (Å²) in [6.07, 6.45) is -4.50. The molecule has 2 amide bonds. The van der Waals surface area contributed by atoms with E-state index in [-0.39, 0.29) is 11.2 Å². The summed E-state index contributed by atoms with van der Waals surface area (Å²) in [6, 6.07) is 4.37. The highest BCUT2D eigenvalue weighted by molar-refractivity contribution is 7.15. The van der Waals surface area contributed by atoms with Gasteiger partial charge < -0.3 is 15.1 Å². The van der Waals surface area contributed by atoms with Crippen LogP contribution in [0.15, 0.2) is 18.2 Å². The Bertz CT molecular complexity index is 808. The second-order valence-electron chi connectivity index (χ2n) is 5.42. The number of urea groups is 1. The summed E-state index contributed by atoms with van der Waals surface area (Å²) in [7, 11) is 0. The number of carbonyl (C=O) groups excluding carboxylic acids is 1. The van der Waals surface area contributed by atoms with Crippen molar-refractivity contribution in [3.05, 3.63) is 33.3 Å². The number of anilines is 2. The molecule has 1 N–H and O–H groups in total. The van der Waals surface area contributed by atoms with Crippen LogP contribution in [-0.2, 0) is 6.18 Å². The molecular weight excluding hydrogens is 414 g/mol. The first kappa shape index (κ1) is 19.0. The van der Waals surface area contributed by atoms with E-state index in [4.69, 9.17) is 23.2 Å². The molecule has 140 valence electrons. The van der Waals surface area contributed by atoms with Crippen molar-refractivity contribution in [2.24, 2.45) is 0 Å². The number of halogens is 5. The maximum atomic E-state index is 12.6. The standard InChI is InChI=1S/C14H12Cl2F3N5OS/c15-8-1-2-10(9(16)7-8)20-12(25)23-3-5-24(6-4-23)13-22-21-11(26-13)14(17,18)19/h1-2,7H,3-6H2,(H,20,25). The molecule has 1 aromatic heterocycles. The van der Waals surface area contributed by atoms with Gasteiger partial charge in [-0.15, -0.1) is 10.2 Å². The molecule has 12 heteroatoms. The van der Waals surface area contributed by atoms with Crippen LogP contribution in [0.1, 0.15) is 5.01 Å². The van der Waals surface area contributed by atoms with E-state index in [1.54, 1.807) is 21.9 Å². The predicted octanol–water partition coefficient (Wildman–Crippen LogP) is 4.22. The molecule has 0 radical (unpaired) electrons. The molecule has 3 rings (SSSR count).